The molecule has 0 aliphatic heterocycles. The molecule has 22 heavy (non-hydrogen) atoms. The SMILES string of the molecule is O=[N+]([O-])c1cc(F)c(F)c(C2(Br)C=CC(Br)=CC2)c1[N+](=O)[O-]. The predicted octanol–water partition coefficient (Wildman–Crippen LogP) is 4.61. The van der Waals surface area contributed by atoms with Crippen molar-refractivity contribution in [3.05, 3.63) is 66.2 Å². The summed E-state index contributed by atoms with van der Waals surface area (Å²) in [5, 5.41) is 22.1. The second-order valence-corrected chi connectivity index (χ2v) is 6.75. The number of allylic oxidation sites excluding steroid dienone is 4. The van der Waals surface area contributed by atoms with Crippen LogP contribution < -0.4 is 0 Å². The Morgan fingerprint density at radius 3 is 2.32 bits per heavy atom. The minimum Gasteiger partial charge on any atom is -0.258 e. The molecular weight excluding hydrogens is 434 g/mol. The first kappa shape index (κ1) is 16.7. The minimum atomic E-state index is -1.52. The number of nitro groups is 2. The van der Waals surface area contributed by atoms with Crippen LogP contribution in [-0.2, 0) is 4.32 Å². The monoisotopic (exact) mass is 438 g/mol. The summed E-state index contributed by atoms with van der Waals surface area (Å²) in [4.78, 5) is 19.9. The normalized spacial score (nSPS) is 20.6. The van der Waals surface area contributed by atoms with Gasteiger partial charge in [0.25, 0.3) is 0 Å². The van der Waals surface area contributed by atoms with Gasteiger partial charge in [-0.25, -0.2) is 8.78 Å². The van der Waals surface area contributed by atoms with Crippen molar-refractivity contribution in [2.75, 3.05) is 0 Å². The largest absolute Gasteiger partial charge is 0.354 e. The molecule has 10 heteroatoms. The summed E-state index contributed by atoms with van der Waals surface area (Å²) < 4.78 is 27.1. The van der Waals surface area contributed by atoms with E-state index in [1.54, 1.807) is 6.08 Å². The molecule has 0 N–H and O–H groups in total. The maximum atomic E-state index is 14.2. The van der Waals surface area contributed by atoms with Gasteiger partial charge in [-0.1, -0.05) is 50.1 Å². The molecule has 0 aromatic heterocycles. The van der Waals surface area contributed by atoms with Crippen molar-refractivity contribution in [2.45, 2.75) is 10.7 Å². The number of halogens is 4. The Kier molecular flexibility index (Phi) is 4.43. The number of rotatable bonds is 3. The van der Waals surface area contributed by atoms with Gasteiger partial charge in [0.15, 0.2) is 11.6 Å². The summed E-state index contributed by atoms with van der Waals surface area (Å²) in [6.07, 6.45) is 4.47. The predicted molar refractivity (Wildman–Crippen MR) is 81.0 cm³/mol. The topological polar surface area (TPSA) is 86.3 Å². The van der Waals surface area contributed by atoms with Crippen molar-refractivity contribution in [3.63, 3.8) is 0 Å². The average molecular weight is 440 g/mol. The quantitative estimate of drug-likeness (QED) is 0.391. The molecule has 0 fully saturated rings. The molecule has 6 nitrogen and oxygen atoms in total. The lowest BCUT2D eigenvalue weighted by Gasteiger charge is -2.25. The average Bonchev–Trinajstić information content (AvgIpc) is 2.44. The molecule has 1 unspecified atom stereocenters. The number of benzene rings is 1. The molecule has 0 saturated heterocycles. The van der Waals surface area contributed by atoms with Crippen LogP contribution in [0.3, 0.4) is 0 Å². The highest BCUT2D eigenvalue weighted by atomic mass is 79.9. The van der Waals surface area contributed by atoms with E-state index < -0.39 is 42.7 Å². The molecule has 0 amide bonds. The Labute approximate surface area is 139 Å². The van der Waals surface area contributed by atoms with E-state index in [2.05, 4.69) is 31.9 Å². The van der Waals surface area contributed by atoms with Crippen LogP contribution in [-0.4, -0.2) is 9.85 Å². The fourth-order valence-electron chi connectivity index (χ4n) is 2.09. The number of alkyl halides is 1. The lowest BCUT2D eigenvalue weighted by molar-refractivity contribution is -0.423. The van der Waals surface area contributed by atoms with Gasteiger partial charge in [0.1, 0.15) is 0 Å². The van der Waals surface area contributed by atoms with Crippen molar-refractivity contribution >= 4 is 43.2 Å². The summed E-state index contributed by atoms with van der Waals surface area (Å²) in [5.41, 5.74) is -2.88. The van der Waals surface area contributed by atoms with Gasteiger partial charge in [0.05, 0.1) is 25.8 Å². The molecule has 0 radical (unpaired) electrons. The van der Waals surface area contributed by atoms with Crippen LogP contribution >= 0.6 is 31.9 Å². The second-order valence-electron chi connectivity index (χ2n) is 4.42. The first-order valence-corrected chi connectivity index (χ1v) is 7.31. The number of hydrogen-bond acceptors (Lipinski definition) is 4. The van der Waals surface area contributed by atoms with Crippen molar-refractivity contribution < 1.29 is 18.6 Å². The van der Waals surface area contributed by atoms with E-state index in [1.165, 1.54) is 12.2 Å². The van der Waals surface area contributed by atoms with Crippen molar-refractivity contribution in [1.29, 1.82) is 0 Å². The van der Waals surface area contributed by atoms with Crippen LogP contribution in [0.5, 0.6) is 0 Å². The molecule has 1 atom stereocenters. The molecule has 1 aromatic carbocycles. The highest BCUT2D eigenvalue weighted by molar-refractivity contribution is 9.12. The van der Waals surface area contributed by atoms with E-state index in [9.17, 15) is 29.0 Å². The first-order valence-electron chi connectivity index (χ1n) is 5.72. The minimum absolute atomic E-state index is 0.0441. The maximum absolute atomic E-state index is 14.2. The van der Waals surface area contributed by atoms with Gasteiger partial charge in [0.2, 0.25) is 0 Å². The van der Waals surface area contributed by atoms with E-state index in [1.807, 2.05) is 0 Å². The summed E-state index contributed by atoms with van der Waals surface area (Å²) in [6.45, 7) is 0. The van der Waals surface area contributed by atoms with Crippen molar-refractivity contribution in [1.82, 2.24) is 0 Å². The van der Waals surface area contributed by atoms with Gasteiger partial charge in [-0.05, 0) is 6.42 Å². The fourth-order valence-corrected chi connectivity index (χ4v) is 3.04. The Morgan fingerprint density at radius 2 is 1.86 bits per heavy atom. The lowest BCUT2D eigenvalue weighted by atomic mass is 9.89. The van der Waals surface area contributed by atoms with Gasteiger partial charge in [-0.2, -0.15) is 0 Å². The second kappa shape index (κ2) is 5.84. The van der Waals surface area contributed by atoms with Gasteiger partial charge in [-0.3, -0.25) is 20.2 Å². The molecule has 0 bridgehead atoms. The van der Waals surface area contributed by atoms with E-state index in [0.717, 1.165) is 0 Å². The molecule has 0 saturated carbocycles. The Morgan fingerprint density at radius 1 is 1.23 bits per heavy atom. The van der Waals surface area contributed by atoms with Gasteiger partial charge in [-0.15, -0.1) is 0 Å². The fraction of sp³-hybridized carbons (Fsp3) is 0.167. The third-order valence-corrected chi connectivity index (χ3v) is 4.64. The molecule has 1 aromatic rings. The van der Waals surface area contributed by atoms with E-state index in [4.69, 9.17) is 0 Å². The van der Waals surface area contributed by atoms with Crippen molar-refractivity contribution in [3.8, 4) is 0 Å². The summed E-state index contributed by atoms with van der Waals surface area (Å²) >= 11 is 6.31. The lowest BCUT2D eigenvalue weighted by Crippen LogP contribution is -2.21. The molecule has 0 heterocycles. The maximum Gasteiger partial charge on any atom is 0.354 e. The van der Waals surface area contributed by atoms with Crippen LogP contribution in [0, 0.1) is 31.9 Å². The van der Waals surface area contributed by atoms with Gasteiger partial charge in [0, 0.05) is 4.48 Å². The van der Waals surface area contributed by atoms with Gasteiger partial charge < -0.3 is 0 Å². The van der Waals surface area contributed by atoms with E-state index in [0.29, 0.717) is 4.48 Å². The zero-order valence-electron chi connectivity index (χ0n) is 10.6. The van der Waals surface area contributed by atoms with Crippen LogP contribution in [0.25, 0.3) is 0 Å². The van der Waals surface area contributed by atoms with Crippen LogP contribution in [0.4, 0.5) is 20.2 Å². The first-order chi connectivity index (χ1) is 10.2. The van der Waals surface area contributed by atoms with E-state index >= 15 is 0 Å². The zero-order valence-corrected chi connectivity index (χ0v) is 13.7. The zero-order chi connectivity index (χ0) is 16.7. The van der Waals surface area contributed by atoms with E-state index in [-0.39, 0.29) is 12.5 Å². The van der Waals surface area contributed by atoms with Crippen molar-refractivity contribution in [2.24, 2.45) is 0 Å². The molecule has 1 aliphatic rings. The molecule has 1 aliphatic carbocycles. The number of nitrogens with zero attached hydrogens (tertiary/aromatic N) is 2. The summed E-state index contributed by atoms with van der Waals surface area (Å²) in [6, 6.07) is 0.214. The van der Waals surface area contributed by atoms with Gasteiger partial charge >= 0.3 is 11.4 Å². The molecule has 116 valence electrons. The highest BCUT2D eigenvalue weighted by Gasteiger charge is 2.43. The van der Waals surface area contributed by atoms with Crippen LogP contribution in [0.1, 0.15) is 12.0 Å². The number of hydrogen-bond donors (Lipinski definition) is 0. The Balaban J connectivity index is 2.82. The summed E-state index contributed by atoms with van der Waals surface area (Å²) in [5.74, 6) is -3.02. The third-order valence-electron chi connectivity index (χ3n) is 3.07. The Hall–Kier alpha value is -1.68. The molecule has 0 spiro atoms. The molecule has 2 rings (SSSR count). The highest BCUT2D eigenvalue weighted by Crippen LogP contribution is 2.49. The smallest absolute Gasteiger partial charge is 0.258 e. The Bertz CT molecular complexity index is 751. The van der Waals surface area contributed by atoms with Crippen LogP contribution in [0.15, 0.2) is 28.8 Å². The standard InChI is InChI=1S/C12H6Br2F2N2O4/c13-6-1-3-12(14,4-2-6)9-10(16)7(15)5-8(17(19)20)11(9)18(21)22/h1-3,5H,4H2. The third kappa shape index (κ3) is 2.80. The number of nitro benzene ring substituents is 2. The summed E-state index contributed by atoms with van der Waals surface area (Å²) in [7, 11) is 0. The molecular formula is C12H6Br2F2N2O4. The van der Waals surface area contributed by atoms with Crippen LogP contribution in [0.2, 0.25) is 0 Å².